The number of nitrogens with one attached hydrogen (secondary N) is 1. The summed E-state index contributed by atoms with van der Waals surface area (Å²) in [6.45, 7) is 1.87. The molecule has 1 N–H and O–H groups in total. The number of amides is 1. The van der Waals surface area contributed by atoms with Crippen molar-refractivity contribution in [1.82, 2.24) is 10.2 Å². The molecule has 3 atom stereocenters. The van der Waals surface area contributed by atoms with Crippen LogP contribution in [0.25, 0.3) is 11.0 Å². The maximum absolute atomic E-state index is 12.7. The Bertz CT molecular complexity index is 707. The summed E-state index contributed by atoms with van der Waals surface area (Å²) in [6.07, 6.45) is 4.66. The fourth-order valence-electron chi connectivity index (χ4n) is 4.24. The predicted octanol–water partition coefficient (Wildman–Crippen LogP) is 3.10. The van der Waals surface area contributed by atoms with Crippen molar-refractivity contribution in [3.63, 3.8) is 0 Å². The van der Waals surface area contributed by atoms with Gasteiger partial charge in [0.1, 0.15) is 11.3 Å². The third-order valence-corrected chi connectivity index (χ3v) is 5.43. The van der Waals surface area contributed by atoms with Crippen molar-refractivity contribution in [1.29, 1.82) is 0 Å². The van der Waals surface area contributed by atoms with Crippen LogP contribution in [0.2, 0.25) is 0 Å². The number of nitrogens with zero attached hydrogens (tertiary/aromatic N) is 1. The maximum atomic E-state index is 12.7. The number of rotatable bonds is 2. The molecule has 1 aromatic carbocycles. The second-order valence-corrected chi connectivity index (χ2v) is 6.72. The van der Waals surface area contributed by atoms with Gasteiger partial charge < -0.3 is 14.6 Å². The van der Waals surface area contributed by atoms with Gasteiger partial charge in [-0.2, -0.15) is 0 Å². The van der Waals surface area contributed by atoms with Crippen LogP contribution in [0.5, 0.6) is 0 Å². The van der Waals surface area contributed by atoms with E-state index in [1.807, 2.05) is 31.2 Å². The number of carbonyl (C=O) groups is 1. The molecule has 4 nitrogen and oxygen atoms in total. The van der Waals surface area contributed by atoms with Gasteiger partial charge in [0.15, 0.2) is 0 Å². The average molecular weight is 298 g/mol. The molecule has 22 heavy (non-hydrogen) atoms. The molecule has 2 bridgehead atoms. The minimum absolute atomic E-state index is 0.0106. The molecule has 0 unspecified atom stereocenters. The van der Waals surface area contributed by atoms with Crippen LogP contribution >= 0.6 is 0 Å². The molecule has 1 amide bonds. The third kappa shape index (κ3) is 2.13. The Labute approximate surface area is 130 Å². The number of benzene rings is 1. The van der Waals surface area contributed by atoms with Gasteiger partial charge in [-0.25, -0.2) is 0 Å². The molecule has 2 saturated heterocycles. The van der Waals surface area contributed by atoms with Crippen LogP contribution in [-0.2, 0) is 0 Å². The zero-order chi connectivity index (χ0) is 15.3. The van der Waals surface area contributed by atoms with E-state index < -0.39 is 0 Å². The second-order valence-electron chi connectivity index (χ2n) is 6.72. The van der Waals surface area contributed by atoms with Gasteiger partial charge in [0.05, 0.1) is 5.56 Å². The normalized spacial score (nSPS) is 28.2. The molecule has 2 fully saturated rings. The van der Waals surface area contributed by atoms with Crippen LogP contribution in [0.4, 0.5) is 0 Å². The summed E-state index contributed by atoms with van der Waals surface area (Å²) in [6, 6.07) is 9.30. The molecule has 0 aliphatic carbocycles. The number of aryl methyl sites for hydroxylation is 1. The van der Waals surface area contributed by atoms with Crippen molar-refractivity contribution < 1.29 is 9.21 Å². The summed E-state index contributed by atoms with van der Waals surface area (Å²) >= 11 is 0. The van der Waals surface area contributed by atoms with Crippen LogP contribution < -0.4 is 5.32 Å². The molecular formula is C18H22N2O2. The first-order valence-corrected chi connectivity index (χ1v) is 8.14. The Morgan fingerprint density at radius 3 is 2.64 bits per heavy atom. The van der Waals surface area contributed by atoms with E-state index >= 15 is 0 Å². The first kappa shape index (κ1) is 13.8. The molecule has 1 aromatic heterocycles. The molecule has 116 valence electrons. The van der Waals surface area contributed by atoms with Crippen molar-refractivity contribution in [2.45, 2.75) is 50.7 Å². The van der Waals surface area contributed by atoms with Gasteiger partial charge in [-0.1, -0.05) is 18.2 Å². The Balaban J connectivity index is 1.56. The molecular weight excluding hydrogens is 276 g/mol. The topological polar surface area (TPSA) is 45.5 Å². The van der Waals surface area contributed by atoms with Gasteiger partial charge >= 0.3 is 0 Å². The van der Waals surface area contributed by atoms with Gasteiger partial charge in [-0.05, 0) is 45.7 Å². The monoisotopic (exact) mass is 298 g/mol. The van der Waals surface area contributed by atoms with Gasteiger partial charge in [0.25, 0.3) is 5.91 Å². The SMILES string of the molecule is Cc1oc2ccccc2c1C(=O)N[C@@H]1C[C@H]2CC[C@@H](C1)N2C. The van der Waals surface area contributed by atoms with E-state index in [0.717, 1.165) is 23.8 Å². The van der Waals surface area contributed by atoms with E-state index in [-0.39, 0.29) is 11.9 Å². The largest absolute Gasteiger partial charge is 0.461 e. The van der Waals surface area contributed by atoms with Gasteiger partial charge in [-0.15, -0.1) is 0 Å². The van der Waals surface area contributed by atoms with Crippen molar-refractivity contribution >= 4 is 16.9 Å². The molecule has 0 spiro atoms. The van der Waals surface area contributed by atoms with Gasteiger partial charge in [0, 0.05) is 23.5 Å². The second kappa shape index (κ2) is 5.13. The first-order valence-electron chi connectivity index (χ1n) is 8.14. The lowest BCUT2D eigenvalue weighted by Crippen LogP contribution is -2.48. The van der Waals surface area contributed by atoms with Crippen LogP contribution in [0, 0.1) is 6.92 Å². The van der Waals surface area contributed by atoms with Crippen LogP contribution in [0.3, 0.4) is 0 Å². The molecule has 4 rings (SSSR count). The van der Waals surface area contributed by atoms with E-state index in [4.69, 9.17) is 4.42 Å². The Morgan fingerprint density at radius 1 is 1.23 bits per heavy atom. The molecule has 2 aliphatic heterocycles. The van der Waals surface area contributed by atoms with Crippen molar-refractivity contribution in [3.05, 3.63) is 35.6 Å². The summed E-state index contributed by atoms with van der Waals surface area (Å²) in [5.41, 5.74) is 1.48. The lowest BCUT2D eigenvalue weighted by Gasteiger charge is -2.36. The highest BCUT2D eigenvalue weighted by atomic mass is 16.3. The Hall–Kier alpha value is -1.81. The fraction of sp³-hybridized carbons (Fsp3) is 0.500. The molecule has 0 saturated carbocycles. The van der Waals surface area contributed by atoms with E-state index in [9.17, 15) is 4.79 Å². The predicted molar refractivity (Wildman–Crippen MR) is 86.0 cm³/mol. The number of furan rings is 1. The Kier molecular flexibility index (Phi) is 3.22. The van der Waals surface area contributed by atoms with Crippen LogP contribution in [0.15, 0.2) is 28.7 Å². The lowest BCUT2D eigenvalue weighted by atomic mass is 9.97. The van der Waals surface area contributed by atoms with Gasteiger partial charge in [-0.3, -0.25) is 4.79 Å². The zero-order valence-corrected chi connectivity index (χ0v) is 13.1. The molecule has 2 aromatic rings. The summed E-state index contributed by atoms with van der Waals surface area (Å²) in [5, 5.41) is 4.16. The highest BCUT2D eigenvalue weighted by Gasteiger charge is 2.39. The molecule has 2 aliphatic rings. The van der Waals surface area contributed by atoms with Crippen LogP contribution in [0.1, 0.15) is 41.8 Å². The number of hydrogen-bond donors (Lipinski definition) is 1. The first-order chi connectivity index (χ1) is 10.6. The van der Waals surface area contributed by atoms with E-state index in [1.165, 1.54) is 12.8 Å². The fourth-order valence-corrected chi connectivity index (χ4v) is 4.24. The number of fused-ring (bicyclic) bond motifs is 3. The standard InChI is InChI=1S/C18H22N2O2/c1-11-17(15-5-3-4-6-16(15)22-11)18(21)19-12-9-13-7-8-14(10-12)20(13)2/h3-6,12-14H,7-10H2,1-2H3,(H,19,21)/t12-,13-,14+. The quantitative estimate of drug-likeness (QED) is 0.926. The molecule has 0 radical (unpaired) electrons. The molecule has 3 heterocycles. The number of hydrogen-bond acceptors (Lipinski definition) is 3. The zero-order valence-electron chi connectivity index (χ0n) is 13.1. The third-order valence-electron chi connectivity index (χ3n) is 5.43. The minimum Gasteiger partial charge on any atom is -0.461 e. The molecule has 4 heteroatoms. The maximum Gasteiger partial charge on any atom is 0.255 e. The van der Waals surface area contributed by atoms with Crippen molar-refractivity contribution in [3.8, 4) is 0 Å². The smallest absolute Gasteiger partial charge is 0.255 e. The highest BCUT2D eigenvalue weighted by molar-refractivity contribution is 6.07. The summed E-state index contributed by atoms with van der Waals surface area (Å²) in [5.74, 6) is 0.714. The summed E-state index contributed by atoms with van der Waals surface area (Å²) in [4.78, 5) is 15.2. The van der Waals surface area contributed by atoms with E-state index in [0.29, 0.717) is 23.4 Å². The summed E-state index contributed by atoms with van der Waals surface area (Å²) < 4.78 is 5.71. The van der Waals surface area contributed by atoms with Crippen LogP contribution in [-0.4, -0.2) is 36.0 Å². The number of carbonyl (C=O) groups excluding carboxylic acids is 1. The minimum atomic E-state index is 0.0106. The summed E-state index contributed by atoms with van der Waals surface area (Å²) in [7, 11) is 2.22. The number of piperidine rings is 1. The average Bonchev–Trinajstić information content (AvgIpc) is 2.90. The van der Waals surface area contributed by atoms with Gasteiger partial charge in [0.2, 0.25) is 0 Å². The van der Waals surface area contributed by atoms with Crippen molar-refractivity contribution in [2.75, 3.05) is 7.05 Å². The highest BCUT2D eigenvalue weighted by Crippen LogP contribution is 2.34. The van der Waals surface area contributed by atoms with E-state index in [2.05, 4.69) is 17.3 Å². The number of para-hydroxylation sites is 1. The lowest BCUT2D eigenvalue weighted by molar-refractivity contribution is 0.0882. The van der Waals surface area contributed by atoms with E-state index in [1.54, 1.807) is 0 Å². The van der Waals surface area contributed by atoms with Crippen molar-refractivity contribution in [2.24, 2.45) is 0 Å². The Morgan fingerprint density at radius 2 is 1.91 bits per heavy atom.